The minimum Gasteiger partial charge on any atom is -0.353 e. The van der Waals surface area contributed by atoms with Crippen molar-refractivity contribution in [3.63, 3.8) is 0 Å². The average Bonchev–Trinajstić information content (AvgIpc) is 2.65. The summed E-state index contributed by atoms with van der Waals surface area (Å²) in [6.45, 7) is 10.5. The Kier molecular flexibility index (Phi) is 4.60. The largest absolute Gasteiger partial charge is 0.353 e. The maximum Gasteiger partial charge on any atom is 0.238 e. The number of hydrogen-bond donors (Lipinski definition) is 1. The van der Waals surface area contributed by atoms with E-state index in [4.69, 9.17) is 0 Å². The van der Waals surface area contributed by atoms with Crippen LogP contribution in [0, 0.1) is 27.7 Å². The van der Waals surface area contributed by atoms with Crippen LogP contribution in [-0.2, 0) is 4.79 Å². The van der Waals surface area contributed by atoms with Gasteiger partial charge in [0.15, 0.2) is 0 Å². The van der Waals surface area contributed by atoms with Crippen molar-refractivity contribution in [1.29, 1.82) is 0 Å². The summed E-state index contributed by atoms with van der Waals surface area (Å²) in [4.78, 5) is 26.0. The molecule has 3 saturated heterocycles. The Morgan fingerprint density at radius 3 is 2.63 bits per heavy atom. The van der Waals surface area contributed by atoms with Crippen molar-refractivity contribution in [3.8, 4) is 0 Å². The van der Waals surface area contributed by atoms with Crippen molar-refractivity contribution in [2.24, 2.45) is 0 Å². The molecule has 142 valence electrons. The van der Waals surface area contributed by atoms with Gasteiger partial charge in [-0.1, -0.05) is 12.1 Å². The van der Waals surface area contributed by atoms with Gasteiger partial charge in [0.2, 0.25) is 5.91 Å². The van der Waals surface area contributed by atoms with Crippen LogP contribution in [0.5, 0.6) is 0 Å². The Hall–Kier alpha value is -2.47. The molecule has 6 nitrogen and oxygen atoms in total. The molecule has 1 N–H and O–H groups in total. The monoisotopic (exact) mass is 365 g/mol. The topological polar surface area (TPSA) is 61.4 Å². The number of carbonyl (C=O) groups excluding carboxylic acids is 1. The first-order valence-electron chi connectivity index (χ1n) is 9.58. The number of aryl methyl sites for hydroxylation is 3. The molecule has 2 aromatic rings. The van der Waals surface area contributed by atoms with E-state index in [0.29, 0.717) is 18.6 Å². The van der Waals surface area contributed by atoms with Gasteiger partial charge in [0.25, 0.3) is 0 Å². The molecule has 1 aromatic heterocycles. The van der Waals surface area contributed by atoms with Crippen LogP contribution in [-0.4, -0.2) is 52.5 Å². The fourth-order valence-corrected chi connectivity index (χ4v) is 4.19. The van der Waals surface area contributed by atoms with Crippen LogP contribution in [0.3, 0.4) is 0 Å². The molecule has 0 radical (unpaired) electrons. The van der Waals surface area contributed by atoms with Gasteiger partial charge in [-0.15, -0.1) is 0 Å². The number of rotatable bonds is 4. The van der Waals surface area contributed by atoms with E-state index in [1.165, 1.54) is 0 Å². The second-order valence-corrected chi connectivity index (χ2v) is 7.89. The minimum absolute atomic E-state index is 0.0703. The lowest BCUT2D eigenvalue weighted by Crippen LogP contribution is -2.70. The molecule has 4 heterocycles. The lowest BCUT2D eigenvalue weighted by molar-refractivity contribution is -0.121. The Balaban J connectivity index is 1.38. The third-order valence-corrected chi connectivity index (χ3v) is 5.95. The molecule has 3 aliphatic heterocycles. The Morgan fingerprint density at radius 1 is 1.15 bits per heavy atom. The molecule has 27 heavy (non-hydrogen) atoms. The highest BCUT2D eigenvalue weighted by atomic mass is 16.2. The van der Waals surface area contributed by atoms with Gasteiger partial charge in [-0.3, -0.25) is 9.69 Å². The summed E-state index contributed by atoms with van der Waals surface area (Å²) in [7, 11) is 0. The molecule has 6 heteroatoms. The number of benzene rings is 1. The van der Waals surface area contributed by atoms with Gasteiger partial charge >= 0.3 is 0 Å². The smallest absolute Gasteiger partial charge is 0.238 e. The Morgan fingerprint density at radius 2 is 1.89 bits per heavy atom. The van der Waals surface area contributed by atoms with Crippen LogP contribution in [0.25, 0.3) is 0 Å². The highest BCUT2D eigenvalue weighted by molar-refractivity contribution is 5.93. The number of aromatic nitrogens is 2. The normalized spacial score (nSPS) is 21.7. The molecular weight excluding hydrogens is 338 g/mol. The highest BCUT2D eigenvalue weighted by Gasteiger charge is 2.45. The Bertz CT molecular complexity index is 869. The predicted molar refractivity (Wildman–Crippen MR) is 107 cm³/mol. The second kappa shape index (κ2) is 6.93. The summed E-state index contributed by atoms with van der Waals surface area (Å²) in [5.41, 5.74) is 5.35. The third-order valence-electron chi connectivity index (χ3n) is 5.95. The Labute approximate surface area is 160 Å². The molecule has 2 unspecified atom stereocenters. The van der Waals surface area contributed by atoms with Crippen LogP contribution in [0.4, 0.5) is 11.5 Å². The van der Waals surface area contributed by atoms with Crippen LogP contribution in [0.1, 0.15) is 28.8 Å². The number of carbonyl (C=O) groups is 1. The molecule has 2 atom stereocenters. The van der Waals surface area contributed by atoms with Crippen LogP contribution >= 0.6 is 0 Å². The van der Waals surface area contributed by atoms with E-state index in [1.807, 2.05) is 32.9 Å². The number of piperidine rings is 1. The summed E-state index contributed by atoms with van der Waals surface area (Å²) in [6.07, 6.45) is 2.81. The van der Waals surface area contributed by atoms with Crippen molar-refractivity contribution in [2.45, 2.75) is 46.2 Å². The maximum atomic E-state index is 12.6. The molecule has 0 saturated carbocycles. The number of nitrogens with zero attached hydrogens (tertiary/aromatic N) is 4. The molecule has 1 amide bonds. The van der Waals surface area contributed by atoms with Gasteiger partial charge in [0.1, 0.15) is 12.1 Å². The number of anilines is 2. The van der Waals surface area contributed by atoms with E-state index in [1.54, 1.807) is 6.33 Å². The molecule has 3 fully saturated rings. The van der Waals surface area contributed by atoms with Crippen molar-refractivity contribution < 1.29 is 4.79 Å². The third kappa shape index (κ3) is 3.41. The maximum absolute atomic E-state index is 12.6. The molecule has 0 aliphatic carbocycles. The molecule has 0 spiro atoms. The fraction of sp³-hybridized carbons (Fsp3) is 0.476. The van der Waals surface area contributed by atoms with Crippen molar-refractivity contribution in [2.75, 3.05) is 29.9 Å². The zero-order valence-electron chi connectivity index (χ0n) is 16.5. The lowest BCUT2D eigenvalue weighted by Gasteiger charge is -2.56. The summed E-state index contributed by atoms with van der Waals surface area (Å²) >= 11 is 0. The number of fused-ring (bicyclic) bond motifs is 2. The molecule has 1 aromatic carbocycles. The zero-order chi connectivity index (χ0) is 19.1. The molecule has 5 rings (SSSR count). The van der Waals surface area contributed by atoms with E-state index in [0.717, 1.165) is 53.4 Å². The first kappa shape index (κ1) is 17.9. The van der Waals surface area contributed by atoms with Crippen molar-refractivity contribution >= 4 is 17.4 Å². The first-order valence-corrected chi connectivity index (χ1v) is 9.58. The number of piperazine rings is 1. The van der Waals surface area contributed by atoms with Crippen LogP contribution < -0.4 is 10.2 Å². The summed E-state index contributed by atoms with van der Waals surface area (Å²) in [6, 6.07) is 6.99. The van der Waals surface area contributed by atoms with E-state index >= 15 is 0 Å². The van der Waals surface area contributed by atoms with E-state index in [9.17, 15) is 4.79 Å². The van der Waals surface area contributed by atoms with Crippen molar-refractivity contribution in [3.05, 3.63) is 46.9 Å². The van der Waals surface area contributed by atoms with E-state index in [-0.39, 0.29) is 5.91 Å². The van der Waals surface area contributed by atoms with Gasteiger partial charge in [-0.25, -0.2) is 9.97 Å². The SMILES string of the molecule is Cc1ccc(C)c(NC(=O)CN2C3CC2CN(c2ncnc(C)c2C)C3)c1. The molecule has 2 bridgehead atoms. The summed E-state index contributed by atoms with van der Waals surface area (Å²) in [5.74, 6) is 1.11. The van der Waals surface area contributed by atoms with Gasteiger partial charge in [0.05, 0.1) is 6.54 Å². The highest BCUT2D eigenvalue weighted by Crippen LogP contribution is 2.35. The number of hydrogen-bond acceptors (Lipinski definition) is 5. The fourth-order valence-electron chi connectivity index (χ4n) is 4.19. The number of amides is 1. The summed E-state index contributed by atoms with van der Waals surface area (Å²) in [5, 5.41) is 3.08. The molecule has 3 aliphatic rings. The molecular formula is C21H27N5O. The minimum atomic E-state index is 0.0703. The van der Waals surface area contributed by atoms with Gasteiger partial charge in [-0.2, -0.15) is 0 Å². The van der Waals surface area contributed by atoms with Gasteiger partial charge in [0, 0.05) is 42.1 Å². The predicted octanol–water partition coefficient (Wildman–Crippen LogP) is 2.61. The van der Waals surface area contributed by atoms with Gasteiger partial charge in [-0.05, 0) is 51.3 Å². The van der Waals surface area contributed by atoms with Crippen LogP contribution in [0.2, 0.25) is 0 Å². The van der Waals surface area contributed by atoms with Gasteiger partial charge < -0.3 is 10.2 Å². The summed E-state index contributed by atoms with van der Waals surface area (Å²) < 4.78 is 0. The average molecular weight is 365 g/mol. The second-order valence-electron chi connectivity index (χ2n) is 7.89. The standard InChI is InChI=1S/C21H27N5O/c1-13-5-6-14(2)19(7-13)24-20(27)11-26-17-8-18(26)10-25(9-17)21-15(3)16(4)22-12-23-21/h5-7,12,17-18H,8-11H2,1-4H3,(H,24,27). The first-order chi connectivity index (χ1) is 12.9. The quantitative estimate of drug-likeness (QED) is 0.902. The van der Waals surface area contributed by atoms with E-state index < -0.39 is 0 Å². The number of nitrogens with one attached hydrogen (secondary N) is 1. The van der Waals surface area contributed by atoms with E-state index in [2.05, 4.69) is 38.1 Å². The zero-order valence-corrected chi connectivity index (χ0v) is 16.5. The van der Waals surface area contributed by atoms with Crippen LogP contribution in [0.15, 0.2) is 24.5 Å². The van der Waals surface area contributed by atoms with Crippen molar-refractivity contribution in [1.82, 2.24) is 14.9 Å². The lowest BCUT2D eigenvalue weighted by atomic mass is 9.87.